The van der Waals surface area contributed by atoms with Crippen molar-refractivity contribution >= 4 is 0 Å². The lowest BCUT2D eigenvalue weighted by molar-refractivity contribution is -0.134. The van der Waals surface area contributed by atoms with Crippen LogP contribution in [-0.4, -0.2) is 34.1 Å². The third-order valence-corrected chi connectivity index (χ3v) is 9.36. The number of hydrogen-bond donors (Lipinski definition) is 3. The van der Waals surface area contributed by atoms with Gasteiger partial charge in [0.2, 0.25) is 0 Å². The quantitative estimate of drug-likeness (QED) is 0.724. The molecule has 138 valence electrons. The lowest BCUT2D eigenvalue weighted by atomic mass is 9.44. The van der Waals surface area contributed by atoms with Crippen LogP contribution < -0.4 is 0 Å². The highest BCUT2D eigenvalue weighted by Crippen LogP contribution is 2.67. The van der Waals surface area contributed by atoms with E-state index in [4.69, 9.17) is 0 Å². The highest BCUT2D eigenvalue weighted by molar-refractivity contribution is 5.10. The number of aliphatic hydroxyl groups is 3. The Kier molecular flexibility index (Phi) is 4.29. The van der Waals surface area contributed by atoms with Gasteiger partial charge in [-0.2, -0.15) is 0 Å². The van der Waals surface area contributed by atoms with Crippen LogP contribution in [0.5, 0.6) is 0 Å². The van der Waals surface area contributed by atoms with Crippen molar-refractivity contribution in [3.63, 3.8) is 0 Å². The van der Waals surface area contributed by atoms with Gasteiger partial charge in [0.05, 0.1) is 18.8 Å². The van der Waals surface area contributed by atoms with E-state index in [9.17, 15) is 15.3 Å². The van der Waals surface area contributed by atoms with E-state index in [0.717, 1.165) is 37.0 Å². The zero-order valence-corrected chi connectivity index (χ0v) is 15.5. The van der Waals surface area contributed by atoms with Crippen LogP contribution in [0.1, 0.15) is 71.6 Å². The predicted molar refractivity (Wildman–Crippen MR) is 94.3 cm³/mol. The zero-order valence-electron chi connectivity index (χ0n) is 15.5. The van der Waals surface area contributed by atoms with Crippen LogP contribution in [0.25, 0.3) is 0 Å². The molecule has 4 unspecified atom stereocenters. The predicted octanol–water partition coefficient (Wildman–Crippen LogP) is 3.36. The monoisotopic (exact) mass is 336 g/mol. The maximum Gasteiger partial charge on any atom is 0.0804 e. The van der Waals surface area contributed by atoms with Crippen molar-refractivity contribution in [1.29, 1.82) is 0 Å². The minimum atomic E-state index is -0.534. The van der Waals surface area contributed by atoms with Crippen LogP contribution in [0.3, 0.4) is 0 Å². The molecule has 4 saturated carbocycles. The standard InChI is InChI=1S/C21H36O3/c1-20-9-7-14(23)11-13(20)3-4-15-16-5-6-18(19(24)12-22)21(16,2)10-8-17(15)20/h13-19,22-24H,3-12H2,1-2H3/t13?,14?,15-,16-,17+,18?,19?,20-,21-/m0/s1. The second-order valence-electron chi connectivity index (χ2n) is 10.1. The van der Waals surface area contributed by atoms with Crippen LogP contribution in [0.15, 0.2) is 0 Å². The molecule has 0 aromatic heterocycles. The van der Waals surface area contributed by atoms with Crippen molar-refractivity contribution < 1.29 is 15.3 Å². The summed E-state index contributed by atoms with van der Waals surface area (Å²) in [6, 6.07) is 0. The number of rotatable bonds is 2. The number of hydrogen-bond acceptors (Lipinski definition) is 3. The normalized spacial score (nSPS) is 55.4. The molecule has 3 heteroatoms. The van der Waals surface area contributed by atoms with E-state index in [1.165, 1.54) is 38.5 Å². The molecule has 9 atom stereocenters. The molecular weight excluding hydrogens is 300 g/mol. The first-order valence-corrected chi connectivity index (χ1v) is 10.4. The first-order chi connectivity index (χ1) is 11.4. The first kappa shape index (κ1) is 17.3. The summed E-state index contributed by atoms with van der Waals surface area (Å²) in [6.45, 7) is 4.85. The summed E-state index contributed by atoms with van der Waals surface area (Å²) in [5, 5.41) is 29.9. The molecule has 4 rings (SSSR count). The Bertz CT molecular complexity index is 480. The summed E-state index contributed by atoms with van der Waals surface area (Å²) in [5.41, 5.74) is 0.651. The van der Waals surface area contributed by atoms with Crippen molar-refractivity contribution in [1.82, 2.24) is 0 Å². The van der Waals surface area contributed by atoms with Gasteiger partial charge < -0.3 is 15.3 Å². The van der Waals surface area contributed by atoms with E-state index < -0.39 is 6.10 Å². The summed E-state index contributed by atoms with van der Waals surface area (Å²) in [7, 11) is 0. The molecule has 24 heavy (non-hydrogen) atoms. The third kappa shape index (κ3) is 2.34. The van der Waals surface area contributed by atoms with Gasteiger partial charge >= 0.3 is 0 Å². The Morgan fingerprint density at radius 2 is 1.62 bits per heavy atom. The Morgan fingerprint density at radius 3 is 2.38 bits per heavy atom. The van der Waals surface area contributed by atoms with Crippen LogP contribution in [0, 0.1) is 40.4 Å². The maximum atomic E-state index is 10.3. The Labute approximate surface area is 146 Å². The second-order valence-corrected chi connectivity index (χ2v) is 10.1. The fraction of sp³-hybridized carbons (Fsp3) is 1.00. The van der Waals surface area contributed by atoms with Crippen LogP contribution in [0.2, 0.25) is 0 Å². The molecule has 0 amide bonds. The molecule has 4 aliphatic rings. The van der Waals surface area contributed by atoms with E-state index in [0.29, 0.717) is 11.3 Å². The van der Waals surface area contributed by atoms with Gasteiger partial charge in [0.1, 0.15) is 0 Å². The minimum absolute atomic E-state index is 0.0657. The van der Waals surface area contributed by atoms with Crippen molar-refractivity contribution in [2.75, 3.05) is 6.61 Å². The minimum Gasteiger partial charge on any atom is -0.394 e. The molecule has 0 saturated heterocycles. The molecule has 4 aliphatic carbocycles. The summed E-state index contributed by atoms with van der Waals surface area (Å²) < 4.78 is 0. The van der Waals surface area contributed by atoms with Gasteiger partial charge in [0, 0.05) is 0 Å². The van der Waals surface area contributed by atoms with E-state index in [2.05, 4.69) is 13.8 Å². The third-order valence-electron chi connectivity index (χ3n) is 9.36. The SMILES string of the molecule is C[C@]12CCC(O)CC1CC[C@@H]1[C@H]2CC[C@]2(C)C(C(O)CO)CC[C@@H]12. The molecule has 0 bridgehead atoms. The summed E-state index contributed by atoms with van der Waals surface area (Å²) >= 11 is 0. The van der Waals surface area contributed by atoms with Crippen molar-refractivity contribution in [2.45, 2.75) is 83.8 Å². The number of aliphatic hydroxyl groups excluding tert-OH is 3. The van der Waals surface area contributed by atoms with Gasteiger partial charge in [-0.15, -0.1) is 0 Å². The van der Waals surface area contributed by atoms with Gasteiger partial charge in [-0.3, -0.25) is 0 Å². The fourth-order valence-corrected chi connectivity index (χ4v) is 8.04. The van der Waals surface area contributed by atoms with Crippen LogP contribution >= 0.6 is 0 Å². The van der Waals surface area contributed by atoms with E-state index in [1.54, 1.807) is 0 Å². The number of fused-ring (bicyclic) bond motifs is 5. The van der Waals surface area contributed by atoms with Gasteiger partial charge in [0.15, 0.2) is 0 Å². The Balaban J connectivity index is 1.59. The van der Waals surface area contributed by atoms with E-state index in [-0.39, 0.29) is 24.0 Å². The highest BCUT2D eigenvalue weighted by Gasteiger charge is 2.60. The average Bonchev–Trinajstić information content (AvgIpc) is 2.92. The molecule has 3 N–H and O–H groups in total. The van der Waals surface area contributed by atoms with Crippen LogP contribution in [-0.2, 0) is 0 Å². The van der Waals surface area contributed by atoms with Crippen molar-refractivity contribution in [3.8, 4) is 0 Å². The zero-order chi connectivity index (χ0) is 17.1. The molecule has 0 heterocycles. The summed E-state index contributed by atoms with van der Waals surface area (Å²) in [5.74, 6) is 3.34. The second kappa shape index (κ2) is 5.96. The molecule has 0 aliphatic heterocycles. The topological polar surface area (TPSA) is 60.7 Å². The van der Waals surface area contributed by atoms with Crippen molar-refractivity contribution in [3.05, 3.63) is 0 Å². The molecule has 4 fully saturated rings. The molecule has 0 aromatic rings. The first-order valence-electron chi connectivity index (χ1n) is 10.4. The lowest BCUT2D eigenvalue weighted by Crippen LogP contribution is -2.54. The lowest BCUT2D eigenvalue weighted by Gasteiger charge is -2.61. The summed E-state index contributed by atoms with van der Waals surface area (Å²) in [6.07, 6.45) is 10.0. The average molecular weight is 337 g/mol. The van der Waals surface area contributed by atoms with Gasteiger partial charge in [0.25, 0.3) is 0 Å². The molecular formula is C21H36O3. The smallest absolute Gasteiger partial charge is 0.0804 e. The van der Waals surface area contributed by atoms with E-state index in [1.807, 2.05) is 0 Å². The molecule has 0 aromatic carbocycles. The van der Waals surface area contributed by atoms with Gasteiger partial charge in [-0.1, -0.05) is 13.8 Å². The van der Waals surface area contributed by atoms with Crippen molar-refractivity contribution in [2.24, 2.45) is 40.4 Å². The maximum absolute atomic E-state index is 10.3. The largest absolute Gasteiger partial charge is 0.394 e. The van der Waals surface area contributed by atoms with Gasteiger partial charge in [-0.25, -0.2) is 0 Å². The molecule has 0 spiro atoms. The molecule has 3 nitrogen and oxygen atoms in total. The Hall–Kier alpha value is -0.120. The van der Waals surface area contributed by atoms with Crippen LogP contribution in [0.4, 0.5) is 0 Å². The molecule has 0 radical (unpaired) electrons. The summed E-state index contributed by atoms with van der Waals surface area (Å²) in [4.78, 5) is 0. The van der Waals surface area contributed by atoms with E-state index >= 15 is 0 Å². The fourth-order valence-electron chi connectivity index (χ4n) is 8.04. The Morgan fingerprint density at radius 1 is 0.917 bits per heavy atom. The van der Waals surface area contributed by atoms with Gasteiger partial charge in [-0.05, 0) is 98.2 Å². The highest BCUT2D eigenvalue weighted by atomic mass is 16.3.